The Kier molecular flexibility index (Phi) is 5.83. The zero-order chi connectivity index (χ0) is 21.3. The number of aryl methyl sites for hydroxylation is 2. The standard InChI is InChI=1S/C19H21BrN6O3/c1-11-17(26(28)29)10-25(22-11)14(4)19(27)21-16-7-5-6-15(8-16)9-24-13(3)18(20)12(2)23-24/h5-8,10,14H,9H2,1-4H3,(H,21,27). The third-order valence-corrected chi connectivity index (χ3v) is 5.83. The van der Waals surface area contributed by atoms with Crippen molar-refractivity contribution in [1.29, 1.82) is 0 Å². The Morgan fingerprint density at radius 2 is 2.00 bits per heavy atom. The lowest BCUT2D eigenvalue weighted by atomic mass is 10.2. The minimum absolute atomic E-state index is 0.109. The number of nitrogens with zero attached hydrogens (tertiary/aromatic N) is 5. The second kappa shape index (κ2) is 8.16. The summed E-state index contributed by atoms with van der Waals surface area (Å²) in [6.07, 6.45) is 1.27. The Morgan fingerprint density at radius 1 is 1.28 bits per heavy atom. The summed E-state index contributed by atoms with van der Waals surface area (Å²) < 4.78 is 4.19. The first-order chi connectivity index (χ1) is 13.7. The predicted octanol–water partition coefficient (Wildman–Crippen LogP) is 3.92. The normalized spacial score (nSPS) is 12.0. The van der Waals surface area contributed by atoms with Crippen molar-refractivity contribution in [3.8, 4) is 0 Å². The van der Waals surface area contributed by atoms with E-state index in [9.17, 15) is 14.9 Å². The molecule has 0 fully saturated rings. The number of anilines is 1. The molecule has 2 aromatic heterocycles. The quantitative estimate of drug-likeness (QED) is 0.442. The zero-order valence-electron chi connectivity index (χ0n) is 16.5. The van der Waals surface area contributed by atoms with Gasteiger partial charge in [0, 0.05) is 5.69 Å². The molecule has 1 aromatic carbocycles. The van der Waals surface area contributed by atoms with E-state index in [4.69, 9.17) is 0 Å². The van der Waals surface area contributed by atoms with Crippen molar-refractivity contribution in [2.45, 2.75) is 40.3 Å². The molecule has 0 radical (unpaired) electrons. The number of carbonyl (C=O) groups excluding carboxylic acids is 1. The van der Waals surface area contributed by atoms with Crippen LogP contribution in [0.15, 0.2) is 34.9 Å². The van der Waals surface area contributed by atoms with Gasteiger partial charge in [-0.05, 0) is 61.3 Å². The summed E-state index contributed by atoms with van der Waals surface area (Å²) >= 11 is 3.52. The van der Waals surface area contributed by atoms with Crippen LogP contribution in [-0.2, 0) is 11.3 Å². The van der Waals surface area contributed by atoms with Crippen LogP contribution in [0.3, 0.4) is 0 Å². The van der Waals surface area contributed by atoms with E-state index >= 15 is 0 Å². The molecule has 29 heavy (non-hydrogen) atoms. The number of carbonyl (C=O) groups is 1. The molecule has 0 saturated heterocycles. The van der Waals surface area contributed by atoms with Crippen molar-refractivity contribution >= 4 is 33.2 Å². The molecule has 152 valence electrons. The highest BCUT2D eigenvalue weighted by Crippen LogP contribution is 2.22. The van der Waals surface area contributed by atoms with Crippen molar-refractivity contribution in [3.05, 3.63) is 67.7 Å². The molecule has 0 saturated carbocycles. The van der Waals surface area contributed by atoms with Gasteiger partial charge in [-0.25, -0.2) is 0 Å². The maximum absolute atomic E-state index is 12.6. The van der Waals surface area contributed by atoms with Crippen molar-refractivity contribution in [1.82, 2.24) is 19.6 Å². The molecule has 1 atom stereocenters. The van der Waals surface area contributed by atoms with Gasteiger partial charge in [-0.3, -0.25) is 24.3 Å². The van der Waals surface area contributed by atoms with E-state index < -0.39 is 11.0 Å². The number of nitro groups is 1. The molecule has 0 aliphatic heterocycles. The fourth-order valence-electron chi connectivity index (χ4n) is 2.97. The number of benzene rings is 1. The lowest BCUT2D eigenvalue weighted by molar-refractivity contribution is -0.385. The van der Waals surface area contributed by atoms with Crippen LogP contribution < -0.4 is 5.32 Å². The van der Waals surface area contributed by atoms with Crippen LogP contribution in [-0.4, -0.2) is 30.4 Å². The van der Waals surface area contributed by atoms with Gasteiger partial charge in [-0.2, -0.15) is 10.2 Å². The Morgan fingerprint density at radius 3 is 2.59 bits per heavy atom. The van der Waals surface area contributed by atoms with Gasteiger partial charge < -0.3 is 5.32 Å². The van der Waals surface area contributed by atoms with Crippen LogP contribution in [0.5, 0.6) is 0 Å². The van der Waals surface area contributed by atoms with E-state index in [0.29, 0.717) is 12.2 Å². The van der Waals surface area contributed by atoms with Crippen LogP contribution in [0.2, 0.25) is 0 Å². The van der Waals surface area contributed by atoms with Gasteiger partial charge in [0.1, 0.15) is 17.9 Å². The van der Waals surface area contributed by atoms with Crippen molar-refractivity contribution in [2.24, 2.45) is 0 Å². The first-order valence-electron chi connectivity index (χ1n) is 8.96. The molecule has 9 nitrogen and oxygen atoms in total. The van der Waals surface area contributed by atoms with Gasteiger partial charge in [-0.1, -0.05) is 12.1 Å². The topological polar surface area (TPSA) is 108 Å². The molecular formula is C19H21BrN6O3. The van der Waals surface area contributed by atoms with Crippen LogP contribution >= 0.6 is 15.9 Å². The Labute approximate surface area is 176 Å². The fourth-order valence-corrected chi connectivity index (χ4v) is 3.25. The van der Waals surface area contributed by atoms with E-state index in [2.05, 4.69) is 31.4 Å². The van der Waals surface area contributed by atoms with Crippen molar-refractivity contribution in [2.75, 3.05) is 5.32 Å². The average molecular weight is 461 g/mol. The Hall–Kier alpha value is -3.01. The van der Waals surface area contributed by atoms with Crippen molar-refractivity contribution < 1.29 is 9.72 Å². The third kappa shape index (κ3) is 4.37. The fraction of sp³-hybridized carbons (Fsp3) is 0.316. The molecule has 1 unspecified atom stereocenters. The molecule has 1 N–H and O–H groups in total. The number of hydrogen-bond acceptors (Lipinski definition) is 5. The molecular weight excluding hydrogens is 440 g/mol. The van der Waals surface area contributed by atoms with Crippen LogP contribution in [0.25, 0.3) is 0 Å². The lowest BCUT2D eigenvalue weighted by Crippen LogP contribution is -2.24. The molecule has 3 aromatic rings. The summed E-state index contributed by atoms with van der Waals surface area (Å²) in [5.74, 6) is -0.312. The van der Waals surface area contributed by atoms with E-state index in [-0.39, 0.29) is 17.3 Å². The SMILES string of the molecule is Cc1nn(C(C)C(=O)Nc2cccc(Cn3nc(C)c(Br)c3C)c2)cc1[N+](=O)[O-]. The summed E-state index contributed by atoms with van der Waals surface area (Å²) in [6, 6.07) is 6.80. The third-order valence-electron chi connectivity index (χ3n) is 4.68. The van der Waals surface area contributed by atoms with E-state index in [1.165, 1.54) is 10.9 Å². The molecule has 3 rings (SSSR count). The monoisotopic (exact) mass is 460 g/mol. The molecule has 0 spiro atoms. The zero-order valence-corrected chi connectivity index (χ0v) is 18.1. The van der Waals surface area contributed by atoms with Crippen LogP contribution in [0, 0.1) is 30.9 Å². The number of halogens is 1. The Bertz CT molecular complexity index is 1090. The van der Waals surface area contributed by atoms with Gasteiger partial charge in [0.05, 0.1) is 27.3 Å². The highest BCUT2D eigenvalue weighted by molar-refractivity contribution is 9.10. The van der Waals surface area contributed by atoms with Crippen LogP contribution in [0.1, 0.15) is 35.6 Å². The summed E-state index contributed by atoms with van der Waals surface area (Å²) in [6.45, 7) is 7.68. The van der Waals surface area contributed by atoms with Gasteiger partial charge in [-0.15, -0.1) is 0 Å². The summed E-state index contributed by atoms with van der Waals surface area (Å²) in [5.41, 5.74) is 3.73. The maximum Gasteiger partial charge on any atom is 0.309 e. The van der Waals surface area contributed by atoms with Gasteiger partial charge in [0.15, 0.2) is 0 Å². The molecule has 1 amide bonds. The second-order valence-electron chi connectivity index (χ2n) is 6.84. The molecule has 0 bridgehead atoms. The molecule has 0 aliphatic rings. The highest BCUT2D eigenvalue weighted by Gasteiger charge is 2.22. The van der Waals surface area contributed by atoms with Gasteiger partial charge in [0.2, 0.25) is 5.91 Å². The number of rotatable bonds is 6. The van der Waals surface area contributed by atoms with Gasteiger partial charge >= 0.3 is 5.69 Å². The number of aromatic nitrogens is 4. The smallest absolute Gasteiger partial charge is 0.309 e. The Balaban J connectivity index is 1.74. The van der Waals surface area contributed by atoms with E-state index in [0.717, 1.165) is 21.4 Å². The minimum Gasteiger partial charge on any atom is -0.324 e. The van der Waals surface area contributed by atoms with E-state index in [1.54, 1.807) is 19.9 Å². The number of hydrogen-bond donors (Lipinski definition) is 1. The second-order valence-corrected chi connectivity index (χ2v) is 7.64. The largest absolute Gasteiger partial charge is 0.324 e. The maximum atomic E-state index is 12.6. The predicted molar refractivity (Wildman–Crippen MR) is 112 cm³/mol. The van der Waals surface area contributed by atoms with E-state index in [1.807, 2.05) is 36.7 Å². The summed E-state index contributed by atoms with van der Waals surface area (Å²) in [4.78, 5) is 23.1. The molecule has 10 heteroatoms. The number of nitrogens with one attached hydrogen (secondary N) is 1. The average Bonchev–Trinajstić information content (AvgIpc) is 3.17. The van der Waals surface area contributed by atoms with Crippen LogP contribution in [0.4, 0.5) is 11.4 Å². The molecule has 0 aliphatic carbocycles. The minimum atomic E-state index is -0.696. The van der Waals surface area contributed by atoms with Gasteiger partial charge in [0.25, 0.3) is 0 Å². The first kappa shape index (κ1) is 20.7. The highest BCUT2D eigenvalue weighted by atomic mass is 79.9. The van der Waals surface area contributed by atoms with Crippen molar-refractivity contribution in [3.63, 3.8) is 0 Å². The molecule has 2 heterocycles. The summed E-state index contributed by atoms with van der Waals surface area (Å²) in [7, 11) is 0. The number of amides is 1. The summed E-state index contributed by atoms with van der Waals surface area (Å²) in [5, 5.41) is 22.4. The lowest BCUT2D eigenvalue weighted by Gasteiger charge is -2.13. The first-order valence-corrected chi connectivity index (χ1v) is 9.76.